The number of carbonyl (C=O) groups is 3. The standard InChI is InChI=1S/C25H30FN3O4/c1-16(2)27-24(31)22(28-23(30)18-8-10-19(33-3)11-9-18)17-12-14-29(15-13-17)25(32)20-6-4-5-7-21(20)26/h4-11,16-17,22H,12-15H2,1-3H3,(H,27,31)(H,28,30). The number of likely N-dealkylation sites (tertiary alicyclic amines) is 1. The highest BCUT2D eigenvalue weighted by Gasteiger charge is 2.34. The Hall–Kier alpha value is -3.42. The maximum absolute atomic E-state index is 14.0. The fourth-order valence-electron chi connectivity index (χ4n) is 3.98. The monoisotopic (exact) mass is 455 g/mol. The van der Waals surface area contributed by atoms with Gasteiger partial charge in [0, 0.05) is 24.7 Å². The zero-order valence-corrected chi connectivity index (χ0v) is 19.1. The maximum Gasteiger partial charge on any atom is 0.256 e. The summed E-state index contributed by atoms with van der Waals surface area (Å²) in [6.45, 7) is 4.47. The Bertz CT molecular complexity index is 985. The SMILES string of the molecule is COc1ccc(C(=O)NC(C(=O)NC(C)C)C2CCN(C(=O)c3ccccc3F)CC2)cc1. The van der Waals surface area contributed by atoms with Crippen molar-refractivity contribution in [1.82, 2.24) is 15.5 Å². The summed E-state index contributed by atoms with van der Waals surface area (Å²) in [4.78, 5) is 40.1. The number of rotatable bonds is 7. The quantitative estimate of drug-likeness (QED) is 0.672. The van der Waals surface area contributed by atoms with Gasteiger partial charge in [-0.2, -0.15) is 0 Å². The molecule has 2 N–H and O–H groups in total. The summed E-state index contributed by atoms with van der Waals surface area (Å²) in [5.74, 6) is -1.05. The number of benzene rings is 2. The van der Waals surface area contributed by atoms with Crippen LogP contribution in [0.2, 0.25) is 0 Å². The molecule has 33 heavy (non-hydrogen) atoms. The van der Waals surface area contributed by atoms with Crippen molar-refractivity contribution in [3.63, 3.8) is 0 Å². The van der Waals surface area contributed by atoms with Crippen LogP contribution in [0.1, 0.15) is 47.4 Å². The van der Waals surface area contributed by atoms with E-state index >= 15 is 0 Å². The average molecular weight is 456 g/mol. The van der Waals surface area contributed by atoms with Crippen LogP contribution in [0.4, 0.5) is 4.39 Å². The third-order valence-electron chi connectivity index (χ3n) is 5.75. The van der Waals surface area contributed by atoms with Crippen molar-refractivity contribution >= 4 is 17.7 Å². The molecule has 8 heteroatoms. The lowest BCUT2D eigenvalue weighted by Gasteiger charge is -2.36. The van der Waals surface area contributed by atoms with Gasteiger partial charge in [0.1, 0.15) is 17.6 Å². The van der Waals surface area contributed by atoms with E-state index < -0.39 is 11.9 Å². The van der Waals surface area contributed by atoms with Gasteiger partial charge in [-0.05, 0) is 69.0 Å². The van der Waals surface area contributed by atoms with Crippen LogP contribution in [0.5, 0.6) is 5.75 Å². The van der Waals surface area contributed by atoms with Crippen LogP contribution in [0.3, 0.4) is 0 Å². The van der Waals surface area contributed by atoms with Crippen molar-refractivity contribution in [3.05, 3.63) is 65.5 Å². The number of nitrogens with zero attached hydrogens (tertiary/aromatic N) is 1. The predicted molar refractivity (Wildman–Crippen MR) is 123 cm³/mol. The molecular formula is C25H30FN3O4. The van der Waals surface area contributed by atoms with E-state index in [1.165, 1.54) is 12.1 Å². The minimum Gasteiger partial charge on any atom is -0.497 e. The van der Waals surface area contributed by atoms with Crippen molar-refractivity contribution in [2.75, 3.05) is 20.2 Å². The highest BCUT2D eigenvalue weighted by molar-refractivity contribution is 5.98. The Balaban J connectivity index is 1.69. The normalized spacial score (nSPS) is 15.1. The second-order valence-electron chi connectivity index (χ2n) is 8.45. The van der Waals surface area contributed by atoms with Crippen molar-refractivity contribution in [1.29, 1.82) is 0 Å². The number of carbonyl (C=O) groups excluding carboxylic acids is 3. The number of methoxy groups -OCH3 is 1. The van der Waals surface area contributed by atoms with Crippen LogP contribution in [0.25, 0.3) is 0 Å². The molecule has 3 amide bonds. The van der Waals surface area contributed by atoms with E-state index in [1.54, 1.807) is 48.4 Å². The molecule has 0 saturated carbocycles. The minimum absolute atomic E-state index is 0.0397. The molecule has 2 aromatic rings. The smallest absolute Gasteiger partial charge is 0.256 e. The van der Waals surface area contributed by atoms with E-state index in [0.717, 1.165) is 0 Å². The lowest BCUT2D eigenvalue weighted by molar-refractivity contribution is -0.125. The van der Waals surface area contributed by atoms with Gasteiger partial charge in [-0.1, -0.05) is 12.1 Å². The minimum atomic E-state index is -0.743. The molecule has 1 heterocycles. The molecule has 1 fully saturated rings. The molecule has 176 valence electrons. The van der Waals surface area contributed by atoms with Gasteiger partial charge < -0.3 is 20.3 Å². The van der Waals surface area contributed by atoms with E-state index in [2.05, 4.69) is 10.6 Å². The number of hydrogen-bond donors (Lipinski definition) is 2. The van der Waals surface area contributed by atoms with E-state index in [4.69, 9.17) is 4.74 Å². The fraction of sp³-hybridized carbons (Fsp3) is 0.400. The molecule has 0 bridgehead atoms. The van der Waals surface area contributed by atoms with E-state index in [-0.39, 0.29) is 35.2 Å². The Labute approximate surface area is 193 Å². The van der Waals surface area contributed by atoms with Gasteiger partial charge in [-0.25, -0.2) is 4.39 Å². The summed E-state index contributed by atoms with van der Waals surface area (Å²) in [6, 6.07) is 11.7. The zero-order valence-electron chi connectivity index (χ0n) is 19.1. The van der Waals surface area contributed by atoms with Crippen LogP contribution < -0.4 is 15.4 Å². The van der Waals surface area contributed by atoms with Gasteiger partial charge in [-0.15, -0.1) is 0 Å². The van der Waals surface area contributed by atoms with E-state index in [9.17, 15) is 18.8 Å². The highest BCUT2D eigenvalue weighted by Crippen LogP contribution is 2.24. The molecule has 0 aromatic heterocycles. The summed E-state index contributed by atoms with van der Waals surface area (Å²) < 4.78 is 19.1. The Morgan fingerprint density at radius 3 is 2.21 bits per heavy atom. The third kappa shape index (κ3) is 6.09. The van der Waals surface area contributed by atoms with Crippen LogP contribution in [0.15, 0.2) is 48.5 Å². The van der Waals surface area contributed by atoms with E-state index in [1.807, 2.05) is 13.8 Å². The van der Waals surface area contributed by atoms with Crippen molar-refractivity contribution < 1.29 is 23.5 Å². The second kappa shape index (κ2) is 10.9. The van der Waals surface area contributed by atoms with Gasteiger partial charge in [-0.3, -0.25) is 14.4 Å². The first-order chi connectivity index (χ1) is 15.8. The average Bonchev–Trinajstić information content (AvgIpc) is 2.82. The number of nitrogens with one attached hydrogen (secondary N) is 2. The van der Waals surface area contributed by atoms with Gasteiger partial charge in [0.05, 0.1) is 12.7 Å². The third-order valence-corrected chi connectivity index (χ3v) is 5.75. The van der Waals surface area contributed by atoms with Crippen molar-refractivity contribution in [2.45, 2.75) is 38.8 Å². The largest absolute Gasteiger partial charge is 0.497 e. The number of piperidine rings is 1. The van der Waals surface area contributed by atoms with Gasteiger partial charge in [0.15, 0.2) is 0 Å². The molecule has 1 aliphatic heterocycles. The summed E-state index contributed by atoms with van der Waals surface area (Å²) in [5.41, 5.74) is 0.461. The van der Waals surface area contributed by atoms with E-state index in [0.29, 0.717) is 37.2 Å². The molecular weight excluding hydrogens is 425 g/mol. The van der Waals surface area contributed by atoms with Crippen molar-refractivity contribution in [2.24, 2.45) is 5.92 Å². The van der Waals surface area contributed by atoms with Gasteiger partial charge in [0.25, 0.3) is 11.8 Å². The predicted octanol–water partition coefficient (Wildman–Crippen LogP) is 3.01. The number of ether oxygens (including phenoxy) is 1. The summed E-state index contributed by atoms with van der Waals surface area (Å²) in [6.07, 6.45) is 1.03. The zero-order chi connectivity index (χ0) is 24.0. The summed E-state index contributed by atoms with van der Waals surface area (Å²) in [5, 5.41) is 5.75. The first-order valence-corrected chi connectivity index (χ1v) is 11.1. The first-order valence-electron chi connectivity index (χ1n) is 11.1. The van der Waals surface area contributed by atoms with Crippen LogP contribution in [0, 0.1) is 11.7 Å². The molecule has 3 rings (SSSR count). The lowest BCUT2D eigenvalue weighted by Crippen LogP contribution is -2.54. The summed E-state index contributed by atoms with van der Waals surface area (Å²) in [7, 11) is 1.55. The Kier molecular flexibility index (Phi) is 8.03. The van der Waals surface area contributed by atoms with Crippen LogP contribution >= 0.6 is 0 Å². The molecule has 2 aromatic carbocycles. The number of halogens is 1. The number of amides is 3. The van der Waals surface area contributed by atoms with Crippen LogP contribution in [-0.2, 0) is 4.79 Å². The maximum atomic E-state index is 14.0. The molecule has 1 aliphatic rings. The molecule has 0 aliphatic carbocycles. The highest BCUT2D eigenvalue weighted by atomic mass is 19.1. The fourth-order valence-corrected chi connectivity index (χ4v) is 3.98. The second-order valence-corrected chi connectivity index (χ2v) is 8.45. The topological polar surface area (TPSA) is 87.7 Å². The van der Waals surface area contributed by atoms with Gasteiger partial charge in [0.2, 0.25) is 5.91 Å². The Morgan fingerprint density at radius 2 is 1.64 bits per heavy atom. The molecule has 1 atom stereocenters. The molecule has 1 saturated heterocycles. The van der Waals surface area contributed by atoms with Crippen molar-refractivity contribution in [3.8, 4) is 5.75 Å². The molecule has 0 radical (unpaired) electrons. The number of hydrogen-bond acceptors (Lipinski definition) is 4. The Morgan fingerprint density at radius 1 is 1.00 bits per heavy atom. The lowest BCUT2D eigenvalue weighted by atomic mass is 9.88. The molecule has 1 unspecified atom stereocenters. The van der Waals surface area contributed by atoms with Gasteiger partial charge >= 0.3 is 0 Å². The molecule has 7 nitrogen and oxygen atoms in total. The first kappa shape index (κ1) is 24.2. The van der Waals surface area contributed by atoms with Crippen LogP contribution in [-0.4, -0.2) is 54.9 Å². The summed E-state index contributed by atoms with van der Waals surface area (Å²) >= 11 is 0. The molecule has 0 spiro atoms.